The second kappa shape index (κ2) is 8.68. The molecule has 0 saturated heterocycles. The molecule has 0 atom stereocenters. The van der Waals surface area contributed by atoms with E-state index >= 15 is 4.39 Å². The van der Waals surface area contributed by atoms with E-state index in [9.17, 15) is 8.42 Å². The van der Waals surface area contributed by atoms with Gasteiger partial charge in [0, 0.05) is 35.0 Å². The highest BCUT2D eigenvalue weighted by Gasteiger charge is 2.24. The van der Waals surface area contributed by atoms with Crippen LogP contribution in [0.25, 0.3) is 22.0 Å². The molecule has 2 aromatic carbocycles. The van der Waals surface area contributed by atoms with Crippen LogP contribution in [0.5, 0.6) is 11.6 Å². The molecule has 0 fully saturated rings. The fourth-order valence-corrected chi connectivity index (χ4v) is 4.65. The van der Waals surface area contributed by atoms with Crippen molar-refractivity contribution in [2.45, 2.75) is 4.90 Å². The lowest BCUT2D eigenvalue weighted by Crippen LogP contribution is -2.16. The topological polar surface area (TPSA) is 129 Å². The summed E-state index contributed by atoms with van der Waals surface area (Å²) in [5.41, 5.74) is 6.34. The number of ether oxygens (including phenoxy) is 2. The van der Waals surface area contributed by atoms with Crippen molar-refractivity contribution in [3.63, 3.8) is 0 Å². The maximum absolute atomic E-state index is 15.5. The highest BCUT2D eigenvalue weighted by Crippen LogP contribution is 2.37. The third kappa shape index (κ3) is 4.32. The Bertz CT molecular complexity index is 1480. The molecule has 0 aliphatic rings. The first kappa shape index (κ1) is 22.5. The standard InChI is InChI=1S/C21H17ClFN5O4S/c1-31-17-8-16-11(9-26-21(24)27-16)6-14(17)13-4-3-5-15(19(13)23)28-33(29,30)18-7-12(22)10-25-20(18)32-2/h3-10,28H,1-2H3,(H2,24,26,27). The zero-order valence-corrected chi connectivity index (χ0v) is 18.9. The van der Waals surface area contributed by atoms with Gasteiger partial charge >= 0.3 is 0 Å². The Hall–Kier alpha value is -3.70. The first-order chi connectivity index (χ1) is 15.7. The Morgan fingerprint density at radius 3 is 2.58 bits per heavy atom. The number of benzene rings is 2. The van der Waals surface area contributed by atoms with Gasteiger partial charge < -0.3 is 15.2 Å². The van der Waals surface area contributed by atoms with Gasteiger partial charge in [-0.05, 0) is 18.2 Å². The van der Waals surface area contributed by atoms with E-state index in [1.165, 1.54) is 44.8 Å². The van der Waals surface area contributed by atoms with E-state index in [0.29, 0.717) is 22.2 Å². The molecule has 0 amide bonds. The fraction of sp³-hybridized carbons (Fsp3) is 0.0952. The number of hydrogen-bond donors (Lipinski definition) is 2. The summed E-state index contributed by atoms with van der Waals surface area (Å²) in [6.45, 7) is 0. The molecule has 0 aliphatic heterocycles. The lowest BCUT2D eigenvalue weighted by atomic mass is 10.0. The quantitative estimate of drug-likeness (QED) is 0.417. The Balaban J connectivity index is 1.81. The van der Waals surface area contributed by atoms with Gasteiger partial charge in [-0.3, -0.25) is 4.72 Å². The summed E-state index contributed by atoms with van der Waals surface area (Å²) in [6.07, 6.45) is 2.74. The summed E-state index contributed by atoms with van der Waals surface area (Å²) < 4.78 is 54.1. The van der Waals surface area contributed by atoms with Gasteiger partial charge in [-0.1, -0.05) is 23.7 Å². The van der Waals surface area contributed by atoms with E-state index in [1.807, 2.05) is 0 Å². The molecule has 2 aromatic heterocycles. The second-order valence-electron chi connectivity index (χ2n) is 6.77. The van der Waals surface area contributed by atoms with E-state index < -0.39 is 15.8 Å². The molecule has 0 unspecified atom stereocenters. The minimum absolute atomic E-state index is 0.0779. The molecule has 0 bridgehead atoms. The van der Waals surface area contributed by atoms with Crippen molar-refractivity contribution in [2.75, 3.05) is 24.7 Å². The van der Waals surface area contributed by atoms with Gasteiger partial charge in [0.05, 0.1) is 30.4 Å². The van der Waals surface area contributed by atoms with Crippen molar-refractivity contribution in [2.24, 2.45) is 0 Å². The first-order valence-electron chi connectivity index (χ1n) is 9.35. The van der Waals surface area contributed by atoms with Gasteiger partial charge in [0.2, 0.25) is 11.8 Å². The van der Waals surface area contributed by atoms with Crippen molar-refractivity contribution in [1.82, 2.24) is 15.0 Å². The normalized spacial score (nSPS) is 11.4. The van der Waals surface area contributed by atoms with Crippen LogP contribution in [-0.2, 0) is 10.0 Å². The summed E-state index contributed by atoms with van der Waals surface area (Å²) in [5, 5.41) is 0.675. The van der Waals surface area contributed by atoms with Crippen LogP contribution >= 0.6 is 11.6 Å². The average molecular weight is 490 g/mol. The number of hydrogen-bond acceptors (Lipinski definition) is 8. The van der Waals surface area contributed by atoms with Crippen molar-refractivity contribution in [1.29, 1.82) is 0 Å². The Morgan fingerprint density at radius 1 is 1.06 bits per heavy atom. The van der Waals surface area contributed by atoms with Crippen LogP contribution in [0.4, 0.5) is 16.0 Å². The van der Waals surface area contributed by atoms with Crippen molar-refractivity contribution < 1.29 is 22.3 Å². The van der Waals surface area contributed by atoms with Gasteiger partial charge in [0.1, 0.15) is 5.75 Å². The highest BCUT2D eigenvalue weighted by atomic mass is 35.5. The van der Waals surface area contributed by atoms with Gasteiger partial charge in [-0.25, -0.2) is 27.8 Å². The van der Waals surface area contributed by atoms with Gasteiger partial charge in [0.15, 0.2) is 10.7 Å². The van der Waals surface area contributed by atoms with Crippen LogP contribution in [0.15, 0.2) is 53.7 Å². The third-order valence-corrected chi connectivity index (χ3v) is 6.29. The van der Waals surface area contributed by atoms with Crippen molar-refractivity contribution >= 4 is 44.2 Å². The number of halogens is 2. The van der Waals surface area contributed by atoms with E-state index in [-0.39, 0.29) is 33.0 Å². The Kier molecular flexibility index (Phi) is 5.91. The number of pyridine rings is 1. The highest BCUT2D eigenvalue weighted by molar-refractivity contribution is 7.92. The number of rotatable bonds is 6. The number of nitrogens with two attached hydrogens (primary N) is 1. The first-order valence-corrected chi connectivity index (χ1v) is 11.2. The van der Waals surface area contributed by atoms with Gasteiger partial charge in [-0.2, -0.15) is 0 Å². The lowest BCUT2D eigenvalue weighted by Gasteiger charge is -2.15. The van der Waals surface area contributed by atoms with Crippen molar-refractivity contribution in [3.8, 4) is 22.8 Å². The van der Waals surface area contributed by atoms with Crippen LogP contribution in [0.2, 0.25) is 5.02 Å². The molecule has 4 aromatic rings. The minimum Gasteiger partial charge on any atom is -0.496 e. The zero-order chi connectivity index (χ0) is 23.8. The SMILES string of the molecule is COc1cc2nc(N)ncc2cc1-c1cccc(NS(=O)(=O)c2cc(Cl)cnc2OC)c1F. The van der Waals surface area contributed by atoms with Crippen LogP contribution in [0, 0.1) is 5.82 Å². The number of nitrogens with zero attached hydrogens (tertiary/aromatic N) is 3. The Labute approximate surface area is 193 Å². The summed E-state index contributed by atoms with van der Waals surface area (Å²) in [7, 11) is -1.59. The number of fused-ring (bicyclic) bond motifs is 1. The molecule has 33 heavy (non-hydrogen) atoms. The molecule has 12 heteroatoms. The second-order valence-corrected chi connectivity index (χ2v) is 8.86. The summed E-state index contributed by atoms with van der Waals surface area (Å²) >= 11 is 5.89. The smallest absolute Gasteiger partial charge is 0.267 e. The number of nitrogens with one attached hydrogen (secondary N) is 1. The molecule has 0 aliphatic carbocycles. The minimum atomic E-state index is -4.28. The summed E-state index contributed by atoms with van der Waals surface area (Å²) in [5.74, 6) is -0.589. The number of anilines is 2. The van der Waals surface area contributed by atoms with Crippen LogP contribution in [-0.4, -0.2) is 37.6 Å². The van der Waals surface area contributed by atoms with E-state index in [4.69, 9.17) is 26.8 Å². The van der Waals surface area contributed by atoms with Crippen LogP contribution < -0.4 is 19.9 Å². The molecular weight excluding hydrogens is 473 g/mol. The maximum atomic E-state index is 15.5. The molecule has 0 radical (unpaired) electrons. The van der Waals surface area contributed by atoms with E-state index in [1.54, 1.807) is 12.1 Å². The van der Waals surface area contributed by atoms with Crippen LogP contribution in [0.1, 0.15) is 0 Å². The lowest BCUT2D eigenvalue weighted by molar-refractivity contribution is 0.385. The predicted molar refractivity (Wildman–Crippen MR) is 123 cm³/mol. The van der Waals surface area contributed by atoms with E-state index in [0.717, 1.165) is 6.07 Å². The number of aromatic nitrogens is 3. The third-order valence-electron chi connectivity index (χ3n) is 4.72. The molecule has 9 nitrogen and oxygen atoms in total. The molecule has 2 heterocycles. The largest absolute Gasteiger partial charge is 0.496 e. The van der Waals surface area contributed by atoms with Crippen LogP contribution in [0.3, 0.4) is 0 Å². The molecular formula is C21H17ClFN5O4S. The average Bonchev–Trinajstić information content (AvgIpc) is 2.79. The zero-order valence-electron chi connectivity index (χ0n) is 17.3. The van der Waals surface area contributed by atoms with E-state index in [2.05, 4.69) is 19.7 Å². The monoisotopic (exact) mass is 489 g/mol. The summed E-state index contributed by atoms with van der Waals surface area (Å²) in [6, 6.07) is 8.69. The van der Waals surface area contributed by atoms with Crippen molar-refractivity contribution in [3.05, 3.63) is 59.6 Å². The molecule has 0 spiro atoms. The molecule has 170 valence electrons. The molecule has 4 rings (SSSR count). The number of methoxy groups -OCH3 is 2. The maximum Gasteiger partial charge on any atom is 0.267 e. The molecule has 3 N–H and O–H groups in total. The number of nitrogen functional groups attached to an aromatic ring is 1. The van der Waals surface area contributed by atoms with Gasteiger partial charge in [-0.15, -0.1) is 0 Å². The molecule has 0 saturated carbocycles. The number of sulfonamides is 1. The summed E-state index contributed by atoms with van der Waals surface area (Å²) in [4.78, 5) is 11.6. The van der Waals surface area contributed by atoms with Gasteiger partial charge in [0.25, 0.3) is 10.0 Å². The Morgan fingerprint density at radius 2 is 1.85 bits per heavy atom. The predicted octanol–water partition coefficient (Wildman–Crippen LogP) is 3.88. The fourth-order valence-electron chi connectivity index (χ4n) is 3.23.